The summed E-state index contributed by atoms with van der Waals surface area (Å²) in [7, 11) is 0. The van der Waals surface area contributed by atoms with Crippen LogP contribution in [-0.2, 0) is 21.9 Å². The number of aryl methyl sites for hydroxylation is 1. The number of amides is 2. The fraction of sp³-hybridized carbons (Fsp3) is 0.391. The number of carbonyl (C=O) groups is 2. The van der Waals surface area contributed by atoms with E-state index in [2.05, 4.69) is 5.32 Å². The molecule has 0 fully saturated rings. The highest BCUT2D eigenvalue weighted by atomic mass is 32.2. The number of nitro benzene ring substituents is 1. The maximum atomic E-state index is 13.0. The quantitative estimate of drug-likeness (QED) is 0.417. The first kappa shape index (κ1) is 24.4. The summed E-state index contributed by atoms with van der Waals surface area (Å²) in [6, 6.07) is 13.6. The molecule has 0 spiro atoms. The highest BCUT2D eigenvalue weighted by Gasteiger charge is 2.25. The summed E-state index contributed by atoms with van der Waals surface area (Å²) in [4.78, 5) is 37.4. The minimum absolute atomic E-state index is 0.0426. The summed E-state index contributed by atoms with van der Waals surface area (Å²) in [5.74, 6) is 0.488. The third-order valence-electron chi connectivity index (χ3n) is 4.83. The molecular formula is C23H29N3O4S. The highest BCUT2D eigenvalue weighted by Crippen LogP contribution is 2.18. The van der Waals surface area contributed by atoms with Crippen LogP contribution in [0.1, 0.15) is 37.0 Å². The second-order valence-electron chi connectivity index (χ2n) is 7.39. The Morgan fingerprint density at radius 1 is 1.10 bits per heavy atom. The third-order valence-corrected chi connectivity index (χ3v) is 5.82. The molecule has 0 heterocycles. The fourth-order valence-electron chi connectivity index (χ4n) is 2.92. The first-order valence-corrected chi connectivity index (χ1v) is 11.4. The molecule has 166 valence electrons. The topological polar surface area (TPSA) is 92.6 Å². The first-order chi connectivity index (χ1) is 14.8. The number of hydrogen-bond donors (Lipinski definition) is 1. The number of thioether (sulfide) groups is 1. The van der Waals surface area contributed by atoms with E-state index in [-0.39, 0.29) is 23.3 Å². The van der Waals surface area contributed by atoms with E-state index in [1.165, 1.54) is 23.9 Å². The molecule has 0 aliphatic rings. The number of nitrogens with one attached hydrogen (secondary N) is 1. The van der Waals surface area contributed by atoms with Crippen LogP contribution in [0, 0.1) is 17.0 Å². The van der Waals surface area contributed by atoms with Gasteiger partial charge >= 0.3 is 0 Å². The zero-order valence-corrected chi connectivity index (χ0v) is 19.0. The molecule has 0 aliphatic carbocycles. The molecule has 0 bridgehead atoms. The maximum Gasteiger partial charge on any atom is 0.269 e. The van der Waals surface area contributed by atoms with Crippen molar-refractivity contribution in [3.8, 4) is 0 Å². The van der Waals surface area contributed by atoms with Crippen LogP contribution in [0.2, 0.25) is 0 Å². The van der Waals surface area contributed by atoms with Crippen molar-refractivity contribution in [2.45, 2.75) is 45.5 Å². The van der Waals surface area contributed by atoms with Gasteiger partial charge in [-0.3, -0.25) is 19.7 Å². The zero-order valence-electron chi connectivity index (χ0n) is 18.2. The predicted molar refractivity (Wildman–Crippen MR) is 124 cm³/mol. The van der Waals surface area contributed by atoms with Crippen LogP contribution in [0.15, 0.2) is 48.5 Å². The van der Waals surface area contributed by atoms with Gasteiger partial charge < -0.3 is 10.2 Å². The molecule has 0 saturated carbocycles. The van der Waals surface area contributed by atoms with Crippen molar-refractivity contribution >= 4 is 29.3 Å². The van der Waals surface area contributed by atoms with Crippen LogP contribution in [0.5, 0.6) is 0 Å². The molecule has 8 heteroatoms. The molecule has 0 saturated heterocycles. The number of hydrogen-bond acceptors (Lipinski definition) is 5. The van der Waals surface area contributed by atoms with Crippen LogP contribution in [-0.4, -0.2) is 40.0 Å². The number of nitro groups is 1. The minimum Gasteiger partial charge on any atom is -0.354 e. The van der Waals surface area contributed by atoms with E-state index >= 15 is 0 Å². The predicted octanol–water partition coefficient (Wildman–Crippen LogP) is 4.08. The molecule has 0 aromatic heterocycles. The van der Waals surface area contributed by atoms with Gasteiger partial charge in [-0.15, -0.1) is 11.8 Å². The van der Waals surface area contributed by atoms with Gasteiger partial charge in [0.1, 0.15) is 6.04 Å². The molecule has 2 aromatic carbocycles. The lowest BCUT2D eigenvalue weighted by molar-refractivity contribution is -0.384. The minimum atomic E-state index is -0.583. The van der Waals surface area contributed by atoms with Crippen molar-refractivity contribution in [2.24, 2.45) is 0 Å². The van der Waals surface area contributed by atoms with E-state index in [4.69, 9.17) is 0 Å². The Balaban J connectivity index is 2.02. The van der Waals surface area contributed by atoms with Crippen LogP contribution < -0.4 is 5.32 Å². The summed E-state index contributed by atoms with van der Waals surface area (Å²) < 4.78 is 0. The normalized spacial score (nSPS) is 11.6. The van der Waals surface area contributed by atoms with E-state index < -0.39 is 11.0 Å². The van der Waals surface area contributed by atoms with Crippen LogP contribution in [0.25, 0.3) is 0 Å². The van der Waals surface area contributed by atoms with Gasteiger partial charge in [0, 0.05) is 31.0 Å². The van der Waals surface area contributed by atoms with Crippen LogP contribution in [0.3, 0.4) is 0 Å². The number of non-ortho nitro benzene ring substituents is 1. The molecule has 7 nitrogen and oxygen atoms in total. The van der Waals surface area contributed by atoms with Crippen LogP contribution in [0.4, 0.5) is 5.69 Å². The van der Waals surface area contributed by atoms with Gasteiger partial charge in [0.2, 0.25) is 11.8 Å². The Morgan fingerprint density at radius 2 is 1.71 bits per heavy atom. The first-order valence-electron chi connectivity index (χ1n) is 10.3. The van der Waals surface area contributed by atoms with Gasteiger partial charge in [0.05, 0.1) is 10.7 Å². The molecule has 0 aliphatic heterocycles. The summed E-state index contributed by atoms with van der Waals surface area (Å²) in [5, 5.41) is 13.6. The van der Waals surface area contributed by atoms with Gasteiger partial charge in [-0.2, -0.15) is 0 Å². The molecule has 2 amide bonds. The molecule has 2 aromatic rings. The van der Waals surface area contributed by atoms with Crippen LogP contribution >= 0.6 is 11.8 Å². The summed E-state index contributed by atoms with van der Waals surface area (Å²) in [6.45, 7) is 6.66. The monoisotopic (exact) mass is 443 g/mol. The molecule has 31 heavy (non-hydrogen) atoms. The molecule has 2 rings (SSSR count). The van der Waals surface area contributed by atoms with E-state index in [0.29, 0.717) is 18.8 Å². The Labute approximate surface area is 187 Å². The van der Waals surface area contributed by atoms with Crippen molar-refractivity contribution < 1.29 is 14.5 Å². The van der Waals surface area contributed by atoms with Crippen molar-refractivity contribution in [3.05, 3.63) is 75.3 Å². The fourth-order valence-corrected chi connectivity index (χ4v) is 3.79. The van der Waals surface area contributed by atoms with Crippen molar-refractivity contribution in [1.29, 1.82) is 0 Å². The largest absolute Gasteiger partial charge is 0.354 e. The third kappa shape index (κ3) is 7.71. The summed E-state index contributed by atoms with van der Waals surface area (Å²) in [6.07, 6.45) is 0.829. The molecule has 1 atom stereocenters. The van der Waals surface area contributed by atoms with E-state index in [1.54, 1.807) is 24.0 Å². The standard InChI is InChI=1S/C23H29N3O4S/c1-4-13-24-23(28)18(3)25(14-19-7-5-17(2)6-8-19)22(27)16-31-15-20-9-11-21(12-10-20)26(29)30/h5-12,18H,4,13-16H2,1-3H3,(H,24,28)/t18-/m0/s1. The Hall–Kier alpha value is -2.87. The van der Waals surface area contributed by atoms with E-state index in [1.807, 2.05) is 38.1 Å². The van der Waals surface area contributed by atoms with Gasteiger partial charge in [-0.1, -0.05) is 48.9 Å². The lowest BCUT2D eigenvalue weighted by atomic mass is 10.1. The number of benzene rings is 2. The van der Waals surface area contributed by atoms with Crippen molar-refractivity contribution in [3.63, 3.8) is 0 Å². The average molecular weight is 444 g/mol. The highest BCUT2D eigenvalue weighted by molar-refractivity contribution is 7.99. The Kier molecular flexibility index (Phi) is 9.52. The lowest BCUT2D eigenvalue weighted by Crippen LogP contribution is -2.48. The van der Waals surface area contributed by atoms with Gasteiger partial charge in [0.25, 0.3) is 5.69 Å². The zero-order chi connectivity index (χ0) is 22.8. The van der Waals surface area contributed by atoms with Gasteiger partial charge in [0.15, 0.2) is 0 Å². The SMILES string of the molecule is CCCNC(=O)[C@H](C)N(Cc1ccc(C)cc1)C(=O)CSCc1ccc([N+](=O)[O-])cc1. The second-order valence-corrected chi connectivity index (χ2v) is 8.38. The van der Waals surface area contributed by atoms with E-state index in [9.17, 15) is 19.7 Å². The molecule has 0 radical (unpaired) electrons. The summed E-state index contributed by atoms with van der Waals surface area (Å²) in [5.41, 5.74) is 3.05. The molecule has 0 unspecified atom stereocenters. The summed E-state index contributed by atoms with van der Waals surface area (Å²) >= 11 is 1.42. The maximum absolute atomic E-state index is 13.0. The number of carbonyl (C=O) groups excluding carboxylic acids is 2. The van der Waals surface area contributed by atoms with Gasteiger partial charge in [-0.25, -0.2) is 0 Å². The number of rotatable bonds is 11. The molecule has 1 N–H and O–H groups in total. The average Bonchev–Trinajstić information content (AvgIpc) is 2.76. The van der Waals surface area contributed by atoms with Crippen molar-refractivity contribution in [1.82, 2.24) is 10.2 Å². The second kappa shape index (κ2) is 12.1. The van der Waals surface area contributed by atoms with E-state index in [0.717, 1.165) is 23.1 Å². The number of nitrogens with zero attached hydrogens (tertiary/aromatic N) is 2. The molecular weight excluding hydrogens is 414 g/mol. The smallest absolute Gasteiger partial charge is 0.269 e. The Bertz CT molecular complexity index is 885. The Morgan fingerprint density at radius 3 is 2.29 bits per heavy atom. The lowest BCUT2D eigenvalue weighted by Gasteiger charge is -2.28. The van der Waals surface area contributed by atoms with Crippen molar-refractivity contribution in [2.75, 3.05) is 12.3 Å². The van der Waals surface area contributed by atoms with Gasteiger partial charge in [-0.05, 0) is 31.4 Å².